The lowest BCUT2D eigenvalue weighted by Gasteiger charge is -2.02. The fourth-order valence-electron chi connectivity index (χ4n) is 1.14. The van der Waals surface area contributed by atoms with Gasteiger partial charge in [-0.1, -0.05) is 18.2 Å². The molecule has 3 nitrogen and oxygen atoms in total. The van der Waals surface area contributed by atoms with Crippen molar-refractivity contribution in [2.75, 3.05) is 12.4 Å². The van der Waals surface area contributed by atoms with Gasteiger partial charge in [-0.3, -0.25) is 0 Å². The number of carbonyl (C=O) groups is 1. The van der Waals surface area contributed by atoms with E-state index in [1.807, 2.05) is 0 Å². The van der Waals surface area contributed by atoms with Crippen molar-refractivity contribution in [1.82, 2.24) is 10.6 Å². The molecular weight excluding hydrogens is 243 g/mol. The fraction of sp³-hybridized carbons (Fsp3) is 0.250. The van der Waals surface area contributed by atoms with Crippen LogP contribution in [0, 0.1) is 5.82 Å². The molecule has 0 spiro atoms. The van der Waals surface area contributed by atoms with Gasteiger partial charge in [0.15, 0.2) is 0 Å². The SMILES string of the molecule is O=C(N/C=C/c1ccccc1F)NCCCCl. The molecule has 1 aromatic carbocycles. The van der Waals surface area contributed by atoms with Crippen LogP contribution in [0.5, 0.6) is 0 Å². The van der Waals surface area contributed by atoms with Crippen molar-refractivity contribution < 1.29 is 9.18 Å². The summed E-state index contributed by atoms with van der Waals surface area (Å²) in [5.41, 5.74) is 0.425. The normalized spacial score (nSPS) is 10.5. The molecule has 0 unspecified atom stereocenters. The van der Waals surface area contributed by atoms with Gasteiger partial charge in [-0.2, -0.15) is 0 Å². The lowest BCUT2D eigenvalue weighted by molar-refractivity contribution is 0.244. The number of alkyl halides is 1. The molecule has 0 fully saturated rings. The van der Waals surface area contributed by atoms with Crippen molar-refractivity contribution in [3.05, 3.63) is 41.8 Å². The molecule has 1 aromatic rings. The van der Waals surface area contributed by atoms with Crippen LogP contribution in [0.4, 0.5) is 9.18 Å². The summed E-state index contributed by atoms with van der Waals surface area (Å²) in [7, 11) is 0. The van der Waals surface area contributed by atoms with Gasteiger partial charge in [0.1, 0.15) is 5.82 Å². The summed E-state index contributed by atoms with van der Waals surface area (Å²) in [5.74, 6) is 0.179. The number of halogens is 2. The lowest BCUT2D eigenvalue weighted by Crippen LogP contribution is -2.32. The molecule has 0 atom stereocenters. The highest BCUT2D eigenvalue weighted by molar-refractivity contribution is 6.17. The first-order chi connectivity index (χ1) is 8.24. The number of amides is 2. The Morgan fingerprint density at radius 3 is 2.88 bits per heavy atom. The van der Waals surface area contributed by atoms with Crippen molar-refractivity contribution in [3.63, 3.8) is 0 Å². The number of rotatable bonds is 5. The van der Waals surface area contributed by atoms with Crippen molar-refractivity contribution in [3.8, 4) is 0 Å². The zero-order valence-corrected chi connectivity index (χ0v) is 10.0. The predicted molar refractivity (Wildman–Crippen MR) is 67.3 cm³/mol. The zero-order chi connectivity index (χ0) is 12.5. The molecule has 2 amide bonds. The Hall–Kier alpha value is -1.55. The molecular formula is C12H14ClFN2O. The van der Waals surface area contributed by atoms with Crippen LogP contribution in [0.15, 0.2) is 30.5 Å². The average molecular weight is 257 g/mol. The number of urea groups is 1. The third-order valence-electron chi connectivity index (χ3n) is 1.98. The van der Waals surface area contributed by atoms with Gasteiger partial charge in [0, 0.05) is 24.2 Å². The Balaban J connectivity index is 2.35. The van der Waals surface area contributed by atoms with Gasteiger partial charge < -0.3 is 10.6 Å². The Morgan fingerprint density at radius 1 is 1.41 bits per heavy atom. The third kappa shape index (κ3) is 5.36. The van der Waals surface area contributed by atoms with Crippen LogP contribution in [0.3, 0.4) is 0 Å². The van der Waals surface area contributed by atoms with E-state index in [9.17, 15) is 9.18 Å². The van der Waals surface area contributed by atoms with Gasteiger partial charge in [0.25, 0.3) is 0 Å². The predicted octanol–water partition coefficient (Wildman–Crippen LogP) is 2.72. The monoisotopic (exact) mass is 256 g/mol. The Kier molecular flexibility index (Phi) is 6.10. The largest absolute Gasteiger partial charge is 0.338 e. The van der Waals surface area contributed by atoms with Crippen LogP contribution in [0.1, 0.15) is 12.0 Å². The van der Waals surface area contributed by atoms with E-state index >= 15 is 0 Å². The number of hydrogen-bond donors (Lipinski definition) is 2. The third-order valence-corrected chi connectivity index (χ3v) is 2.25. The Morgan fingerprint density at radius 2 is 2.18 bits per heavy atom. The maximum Gasteiger partial charge on any atom is 0.318 e. The van der Waals surface area contributed by atoms with Crippen molar-refractivity contribution in [2.45, 2.75) is 6.42 Å². The second kappa shape index (κ2) is 7.68. The van der Waals surface area contributed by atoms with E-state index in [2.05, 4.69) is 10.6 Å². The van der Waals surface area contributed by atoms with Gasteiger partial charge in [-0.15, -0.1) is 11.6 Å². The van der Waals surface area contributed by atoms with E-state index in [0.29, 0.717) is 24.4 Å². The number of benzene rings is 1. The van der Waals surface area contributed by atoms with Gasteiger partial charge in [-0.25, -0.2) is 9.18 Å². The maximum absolute atomic E-state index is 13.2. The van der Waals surface area contributed by atoms with Gasteiger partial charge >= 0.3 is 6.03 Å². The van der Waals surface area contributed by atoms with E-state index in [-0.39, 0.29) is 11.8 Å². The molecule has 0 aromatic heterocycles. The second-order valence-electron chi connectivity index (χ2n) is 3.30. The molecule has 0 radical (unpaired) electrons. The summed E-state index contributed by atoms with van der Waals surface area (Å²) >= 11 is 5.46. The molecule has 0 bridgehead atoms. The first-order valence-corrected chi connectivity index (χ1v) is 5.79. The number of hydrogen-bond acceptors (Lipinski definition) is 1. The Labute approximate surface area is 105 Å². The van der Waals surface area contributed by atoms with Gasteiger partial charge in [-0.05, 0) is 18.6 Å². The summed E-state index contributed by atoms with van der Waals surface area (Å²) < 4.78 is 13.2. The first kappa shape index (κ1) is 13.5. The van der Waals surface area contributed by atoms with Crippen LogP contribution in [-0.4, -0.2) is 18.5 Å². The molecule has 0 aliphatic heterocycles. The summed E-state index contributed by atoms with van der Waals surface area (Å²) in [5, 5.41) is 5.08. The summed E-state index contributed by atoms with van der Waals surface area (Å²) in [6.07, 6.45) is 3.61. The van der Waals surface area contributed by atoms with Gasteiger partial charge in [0.05, 0.1) is 0 Å². The topological polar surface area (TPSA) is 41.1 Å². The molecule has 0 heterocycles. The highest BCUT2D eigenvalue weighted by Gasteiger charge is 1.97. The van der Waals surface area contributed by atoms with Crippen LogP contribution in [0.2, 0.25) is 0 Å². The molecule has 0 aliphatic carbocycles. The van der Waals surface area contributed by atoms with Crippen LogP contribution in [0.25, 0.3) is 6.08 Å². The van der Waals surface area contributed by atoms with Crippen molar-refractivity contribution in [2.24, 2.45) is 0 Å². The summed E-state index contributed by atoms with van der Waals surface area (Å²) in [4.78, 5) is 11.2. The minimum Gasteiger partial charge on any atom is -0.338 e. The maximum atomic E-state index is 13.2. The quantitative estimate of drug-likeness (QED) is 0.617. The number of carbonyl (C=O) groups excluding carboxylic acids is 1. The van der Waals surface area contributed by atoms with Gasteiger partial charge in [0.2, 0.25) is 0 Å². The molecule has 2 N–H and O–H groups in total. The fourth-order valence-corrected chi connectivity index (χ4v) is 1.27. The van der Waals surface area contributed by atoms with Crippen LogP contribution < -0.4 is 10.6 Å². The molecule has 92 valence electrons. The zero-order valence-electron chi connectivity index (χ0n) is 9.25. The Bertz CT molecular complexity index is 396. The molecule has 0 aliphatic rings. The standard InChI is InChI=1S/C12H14ClFN2O/c13-7-3-8-15-12(17)16-9-6-10-4-1-2-5-11(10)14/h1-2,4-6,9H,3,7-8H2,(H2,15,16,17)/b9-6+. The first-order valence-electron chi connectivity index (χ1n) is 5.25. The summed E-state index contributed by atoms with van der Waals surface area (Å²) in [6.45, 7) is 0.517. The molecule has 0 saturated carbocycles. The van der Waals surface area contributed by atoms with E-state index in [0.717, 1.165) is 0 Å². The lowest BCUT2D eigenvalue weighted by atomic mass is 10.2. The minimum absolute atomic E-state index is 0.326. The summed E-state index contributed by atoms with van der Waals surface area (Å²) in [6, 6.07) is 5.99. The molecule has 5 heteroatoms. The molecule has 17 heavy (non-hydrogen) atoms. The van der Waals surface area contributed by atoms with Crippen LogP contribution >= 0.6 is 11.6 Å². The average Bonchev–Trinajstić information content (AvgIpc) is 2.32. The molecule has 0 saturated heterocycles. The highest BCUT2D eigenvalue weighted by atomic mass is 35.5. The van der Waals surface area contributed by atoms with E-state index in [4.69, 9.17) is 11.6 Å². The van der Waals surface area contributed by atoms with E-state index in [1.165, 1.54) is 18.3 Å². The molecule has 1 rings (SSSR count). The van der Waals surface area contributed by atoms with Crippen molar-refractivity contribution in [1.29, 1.82) is 0 Å². The smallest absolute Gasteiger partial charge is 0.318 e. The van der Waals surface area contributed by atoms with Crippen molar-refractivity contribution >= 4 is 23.7 Å². The van der Waals surface area contributed by atoms with E-state index in [1.54, 1.807) is 18.2 Å². The van der Waals surface area contributed by atoms with E-state index < -0.39 is 0 Å². The minimum atomic E-state index is -0.331. The van der Waals surface area contributed by atoms with Crippen LogP contribution in [-0.2, 0) is 0 Å². The number of nitrogens with one attached hydrogen (secondary N) is 2. The second-order valence-corrected chi connectivity index (χ2v) is 3.68. The highest BCUT2D eigenvalue weighted by Crippen LogP contribution is 2.07.